The van der Waals surface area contributed by atoms with Crippen LogP contribution in [0.5, 0.6) is 5.75 Å². The Labute approximate surface area is 208 Å². The molecule has 7 nitrogen and oxygen atoms in total. The lowest BCUT2D eigenvalue weighted by Gasteiger charge is -2.25. The molecule has 0 atom stereocenters. The molecule has 0 unspecified atom stereocenters. The minimum absolute atomic E-state index is 0.110. The summed E-state index contributed by atoms with van der Waals surface area (Å²) in [5.74, 6) is 0.00783. The van der Waals surface area contributed by atoms with Crippen LogP contribution in [-0.4, -0.2) is 34.2 Å². The van der Waals surface area contributed by atoms with Gasteiger partial charge in [0.2, 0.25) is 0 Å². The Bertz CT molecular complexity index is 1290. The standard InChI is InChI=1S/C25H26BrN3O4S/c1-4-19-7-5-6-8-23(19)29(34(31,32)22-12-9-18(2)10-13-22)17-25(30)28-27-16-20-15-21(26)11-14-24(20)33-3/h5-16H,4,17H2,1-3H3,(H,28,30)/b27-16+. The van der Waals surface area contributed by atoms with Gasteiger partial charge >= 0.3 is 0 Å². The van der Waals surface area contributed by atoms with Gasteiger partial charge in [0.25, 0.3) is 15.9 Å². The normalized spacial score (nSPS) is 11.4. The molecule has 0 aromatic heterocycles. The first-order valence-electron chi connectivity index (χ1n) is 10.6. The van der Waals surface area contributed by atoms with Crippen LogP contribution in [0.4, 0.5) is 5.69 Å². The molecule has 3 rings (SSSR count). The number of sulfonamides is 1. The molecular weight excluding hydrogens is 518 g/mol. The maximum atomic E-state index is 13.5. The number of carbonyl (C=O) groups excluding carboxylic acids is 1. The predicted molar refractivity (Wildman–Crippen MR) is 138 cm³/mol. The number of rotatable bonds is 9. The van der Waals surface area contributed by atoms with Crippen molar-refractivity contribution >= 4 is 43.8 Å². The number of carbonyl (C=O) groups is 1. The number of ether oxygens (including phenoxy) is 1. The van der Waals surface area contributed by atoms with E-state index in [0.29, 0.717) is 23.4 Å². The van der Waals surface area contributed by atoms with E-state index in [4.69, 9.17) is 4.74 Å². The summed E-state index contributed by atoms with van der Waals surface area (Å²) in [7, 11) is -2.46. The molecule has 1 amide bonds. The number of nitrogens with zero attached hydrogens (tertiary/aromatic N) is 2. The van der Waals surface area contributed by atoms with Gasteiger partial charge in [-0.3, -0.25) is 9.10 Å². The van der Waals surface area contributed by atoms with Crippen molar-refractivity contribution in [1.29, 1.82) is 0 Å². The topological polar surface area (TPSA) is 88.1 Å². The number of aryl methyl sites for hydroxylation is 2. The number of nitrogens with one attached hydrogen (secondary N) is 1. The van der Waals surface area contributed by atoms with Crippen molar-refractivity contribution in [2.24, 2.45) is 5.10 Å². The van der Waals surface area contributed by atoms with Crippen molar-refractivity contribution in [3.8, 4) is 5.75 Å². The molecule has 9 heteroatoms. The molecule has 34 heavy (non-hydrogen) atoms. The number of hydrogen-bond acceptors (Lipinski definition) is 5. The zero-order valence-electron chi connectivity index (χ0n) is 19.2. The average Bonchev–Trinajstić information content (AvgIpc) is 2.83. The van der Waals surface area contributed by atoms with E-state index in [9.17, 15) is 13.2 Å². The molecule has 0 saturated carbocycles. The first-order valence-corrected chi connectivity index (χ1v) is 12.8. The Morgan fingerprint density at radius 3 is 2.50 bits per heavy atom. The fourth-order valence-electron chi connectivity index (χ4n) is 3.34. The summed E-state index contributed by atoms with van der Waals surface area (Å²) < 4.78 is 34.3. The highest BCUT2D eigenvalue weighted by Crippen LogP contribution is 2.27. The smallest absolute Gasteiger partial charge is 0.264 e. The Hall–Kier alpha value is -3.17. The summed E-state index contributed by atoms with van der Waals surface area (Å²) in [6, 6.07) is 19.1. The third-order valence-corrected chi connectivity index (χ3v) is 7.39. The highest BCUT2D eigenvalue weighted by atomic mass is 79.9. The Kier molecular flexibility index (Phi) is 8.46. The molecule has 0 saturated heterocycles. The number of hydrazone groups is 1. The Balaban J connectivity index is 1.89. The maximum absolute atomic E-state index is 13.5. The van der Waals surface area contributed by atoms with Crippen molar-refractivity contribution < 1.29 is 17.9 Å². The van der Waals surface area contributed by atoms with Crippen molar-refractivity contribution in [3.05, 3.63) is 87.9 Å². The van der Waals surface area contributed by atoms with Gasteiger partial charge in [0.05, 0.1) is 23.9 Å². The van der Waals surface area contributed by atoms with Gasteiger partial charge < -0.3 is 4.74 Å². The van der Waals surface area contributed by atoms with E-state index in [1.54, 1.807) is 48.5 Å². The fraction of sp³-hybridized carbons (Fsp3) is 0.200. The van der Waals surface area contributed by atoms with E-state index >= 15 is 0 Å². The van der Waals surface area contributed by atoms with E-state index in [1.165, 1.54) is 13.3 Å². The molecule has 0 aliphatic rings. The number of benzene rings is 3. The van der Waals surface area contributed by atoms with E-state index in [0.717, 1.165) is 19.9 Å². The summed E-state index contributed by atoms with van der Waals surface area (Å²) in [6.45, 7) is 3.39. The van der Waals surface area contributed by atoms with E-state index < -0.39 is 22.5 Å². The van der Waals surface area contributed by atoms with Crippen LogP contribution in [0.25, 0.3) is 0 Å². The van der Waals surface area contributed by atoms with Gasteiger partial charge in [-0.1, -0.05) is 58.7 Å². The van der Waals surface area contributed by atoms with Crippen LogP contribution in [0.15, 0.2) is 81.2 Å². The van der Waals surface area contributed by atoms with Gasteiger partial charge in [-0.25, -0.2) is 13.8 Å². The monoisotopic (exact) mass is 543 g/mol. The van der Waals surface area contributed by atoms with Gasteiger partial charge in [0.15, 0.2) is 0 Å². The summed E-state index contributed by atoms with van der Waals surface area (Å²) >= 11 is 3.39. The molecular formula is C25H26BrN3O4S. The lowest BCUT2D eigenvalue weighted by Crippen LogP contribution is -2.40. The van der Waals surface area contributed by atoms with Crippen molar-refractivity contribution in [2.45, 2.75) is 25.2 Å². The number of amides is 1. The molecule has 178 valence electrons. The van der Waals surface area contributed by atoms with Crippen LogP contribution >= 0.6 is 15.9 Å². The number of halogens is 1. The molecule has 0 aliphatic heterocycles. The second kappa shape index (κ2) is 11.3. The predicted octanol–water partition coefficient (Wildman–Crippen LogP) is 4.67. The van der Waals surface area contributed by atoms with Crippen molar-refractivity contribution in [3.63, 3.8) is 0 Å². The first kappa shape index (κ1) is 25.5. The number of anilines is 1. The lowest BCUT2D eigenvalue weighted by atomic mass is 10.1. The molecule has 0 aliphatic carbocycles. The van der Waals surface area contributed by atoms with Crippen molar-refractivity contribution in [1.82, 2.24) is 5.43 Å². The number of methoxy groups -OCH3 is 1. The Morgan fingerprint density at radius 1 is 1.12 bits per heavy atom. The third-order valence-electron chi connectivity index (χ3n) is 5.12. The van der Waals surface area contributed by atoms with Crippen LogP contribution in [0.2, 0.25) is 0 Å². The lowest BCUT2D eigenvalue weighted by molar-refractivity contribution is -0.119. The molecule has 3 aromatic rings. The Morgan fingerprint density at radius 2 is 1.82 bits per heavy atom. The summed E-state index contributed by atoms with van der Waals surface area (Å²) in [5, 5.41) is 4.00. The van der Waals surface area contributed by atoms with Crippen LogP contribution in [-0.2, 0) is 21.2 Å². The second-order valence-corrected chi connectivity index (χ2v) is 10.3. The van der Waals surface area contributed by atoms with Crippen LogP contribution in [0, 0.1) is 6.92 Å². The number of para-hydroxylation sites is 1. The van der Waals surface area contributed by atoms with Crippen LogP contribution in [0.3, 0.4) is 0 Å². The van der Waals surface area contributed by atoms with Gasteiger partial charge in [-0.15, -0.1) is 0 Å². The zero-order valence-corrected chi connectivity index (χ0v) is 21.6. The van der Waals surface area contributed by atoms with Gasteiger partial charge in [-0.05, 0) is 55.3 Å². The van der Waals surface area contributed by atoms with Gasteiger partial charge in [0, 0.05) is 10.0 Å². The maximum Gasteiger partial charge on any atom is 0.264 e. The molecule has 0 spiro atoms. The molecule has 0 heterocycles. The van der Waals surface area contributed by atoms with Crippen molar-refractivity contribution in [2.75, 3.05) is 18.0 Å². The first-order chi connectivity index (χ1) is 16.3. The third kappa shape index (κ3) is 6.03. The minimum atomic E-state index is -4.00. The molecule has 0 radical (unpaired) electrons. The van der Waals surface area contributed by atoms with Crippen LogP contribution in [0.1, 0.15) is 23.6 Å². The second-order valence-electron chi connectivity index (χ2n) is 7.49. The summed E-state index contributed by atoms with van der Waals surface area (Å²) in [5.41, 5.74) is 5.29. The van der Waals surface area contributed by atoms with E-state index in [1.807, 2.05) is 32.0 Å². The summed E-state index contributed by atoms with van der Waals surface area (Å²) in [6.07, 6.45) is 2.05. The van der Waals surface area contributed by atoms with E-state index in [-0.39, 0.29) is 4.90 Å². The quantitative estimate of drug-likeness (QED) is 0.313. The highest BCUT2D eigenvalue weighted by Gasteiger charge is 2.28. The molecule has 0 bridgehead atoms. The minimum Gasteiger partial charge on any atom is -0.496 e. The number of hydrogen-bond donors (Lipinski definition) is 1. The molecule has 0 fully saturated rings. The fourth-order valence-corrected chi connectivity index (χ4v) is 5.17. The molecule has 3 aromatic carbocycles. The van der Waals surface area contributed by atoms with Gasteiger partial charge in [0.1, 0.15) is 12.3 Å². The largest absolute Gasteiger partial charge is 0.496 e. The summed E-state index contributed by atoms with van der Waals surface area (Å²) in [4.78, 5) is 12.9. The average molecular weight is 544 g/mol. The van der Waals surface area contributed by atoms with Gasteiger partial charge in [-0.2, -0.15) is 5.10 Å². The van der Waals surface area contributed by atoms with Crippen LogP contribution < -0.4 is 14.5 Å². The SMILES string of the molecule is CCc1ccccc1N(CC(=O)N/N=C/c1cc(Br)ccc1OC)S(=O)(=O)c1ccc(C)cc1. The molecule has 1 N–H and O–H groups in total. The highest BCUT2D eigenvalue weighted by molar-refractivity contribution is 9.10. The van der Waals surface area contributed by atoms with E-state index in [2.05, 4.69) is 26.5 Å². The zero-order chi connectivity index (χ0) is 24.7.